The molecule has 1 heteroatoms. The lowest BCUT2D eigenvalue weighted by molar-refractivity contribution is 0.102. The molecule has 0 heterocycles. The molecule has 0 aliphatic heterocycles. The van der Waals surface area contributed by atoms with E-state index in [-0.39, 0.29) is 6.10 Å². The lowest BCUT2D eigenvalue weighted by Gasteiger charge is -2.23. The van der Waals surface area contributed by atoms with Crippen molar-refractivity contribution in [3.8, 4) is 0 Å². The number of aliphatic hydroxyl groups excluding tert-OH is 1. The molecule has 1 aromatic rings. The number of rotatable bonds is 4. The summed E-state index contributed by atoms with van der Waals surface area (Å²) in [6.07, 6.45) is 9.40. The van der Waals surface area contributed by atoms with Crippen LogP contribution in [0.5, 0.6) is 0 Å². The Hall–Kier alpha value is -1.08. The van der Waals surface area contributed by atoms with Crippen molar-refractivity contribution >= 4 is 0 Å². The first-order valence-electron chi connectivity index (χ1n) is 6.70. The number of hydrogen-bond donors (Lipinski definition) is 1. The van der Waals surface area contributed by atoms with Crippen LogP contribution in [0.25, 0.3) is 0 Å². The van der Waals surface area contributed by atoms with E-state index >= 15 is 0 Å². The van der Waals surface area contributed by atoms with E-state index in [9.17, 15) is 5.11 Å². The summed E-state index contributed by atoms with van der Waals surface area (Å²) >= 11 is 0. The molecule has 1 nitrogen and oxygen atoms in total. The second kappa shape index (κ2) is 6.02. The Labute approximate surface area is 104 Å². The number of hydrogen-bond acceptors (Lipinski definition) is 1. The van der Waals surface area contributed by atoms with Crippen molar-refractivity contribution in [3.63, 3.8) is 0 Å². The highest BCUT2D eigenvalue weighted by Gasteiger charge is 2.19. The maximum atomic E-state index is 10.2. The minimum absolute atomic E-state index is 0.188. The highest BCUT2D eigenvalue weighted by atomic mass is 16.3. The van der Waals surface area contributed by atoms with E-state index in [1.54, 1.807) is 0 Å². The van der Waals surface area contributed by atoms with E-state index in [0.717, 1.165) is 32.1 Å². The zero-order valence-electron chi connectivity index (χ0n) is 10.6. The summed E-state index contributed by atoms with van der Waals surface area (Å²) in [6.45, 7) is 2.16. The summed E-state index contributed by atoms with van der Waals surface area (Å²) in [4.78, 5) is 0. The monoisotopic (exact) mass is 230 g/mol. The molecule has 2 rings (SSSR count). The molecule has 0 radical (unpaired) electrons. The summed E-state index contributed by atoms with van der Waals surface area (Å²) in [5.41, 5.74) is 2.62. The fourth-order valence-corrected chi connectivity index (χ4v) is 2.49. The second-order valence-electron chi connectivity index (χ2n) is 4.99. The summed E-state index contributed by atoms with van der Waals surface area (Å²) in [7, 11) is 0. The van der Waals surface area contributed by atoms with Gasteiger partial charge in [-0.05, 0) is 49.1 Å². The molecule has 92 valence electrons. The zero-order valence-corrected chi connectivity index (χ0v) is 10.6. The van der Waals surface area contributed by atoms with Crippen molar-refractivity contribution in [1.82, 2.24) is 0 Å². The molecular formula is C16H22O. The van der Waals surface area contributed by atoms with Gasteiger partial charge in [-0.1, -0.05) is 43.3 Å². The smallest absolute Gasteiger partial charge is 0.0611 e. The van der Waals surface area contributed by atoms with E-state index in [4.69, 9.17) is 0 Å². The molecule has 0 aromatic heterocycles. The van der Waals surface area contributed by atoms with Crippen molar-refractivity contribution in [1.29, 1.82) is 0 Å². The van der Waals surface area contributed by atoms with Gasteiger partial charge in [-0.2, -0.15) is 0 Å². The van der Waals surface area contributed by atoms with Gasteiger partial charge in [0.15, 0.2) is 0 Å². The maximum Gasteiger partial charge on any atom is 0.0611 e. The van der Waals surface area contributed by atoms with Crippen LogP contribution < -0.4 is 0 Å². The number of aliphatic hydroxyl groups is 1. The molecule has 0 bridgehead atoms. The van der Waals surface area contributed by atoms with Crippen LogP contribution in [0.2, 0.25) is 0 Å². The average molecular weight is 230 g/mol. The Bertz CT molecular complexity index is 364. The minimum atomic E-state index is -0.188. The van der Waals surface area contributed by atoms with Crippen molar-refractivity contribution in [2.45, 2.75) is 45.1 Å². The topological polar surface area (TPSA) is 20.2 Å². The molecule has 1 aromatic carbocycles. The van der Waals surface area contributed by atoms with Crippen LogP contribution in [-0.4, -0.2) is 11.2 Å². The summed E-state index contributed by atoms with van der Waals surface area (Å²) in [5, 5.41) is 10.2. The SMILES string of the molecule is CCc1ccc(CC(O)C2CC=CCC2)cc1. The molecule has 1 aliphatic carbocycles. The molecule has 1 aliphatic rings. The van der Waals surface area contributed by atoms with Crippen LogP contribution >= 0.6 is 0 Å². The van der Waals surface area contributed by atoms with E-state index in [0.29, 0.717) is 5.92 Å². The fraction of sp³-hybridized carbons (Fsp3) is 0.500. The van der Waals surface area contributed by atoms with Gasteiger partial charge in [-0.3, -0.25) is 0 Å². The molecule has 0 spiro atoms. The largest absolute Gasteiger partial charge is 0.392 e. The zero-order chi connectivity index (χ0) is 12.1. The predicted molar refractivity (Wildman–Crippen MR) is 72.0 cm³/mol. The first kappa shape index (κ1) is 12.4. The molecule has 2 atom stereocenters. The quantitative estimate of drug-likeness (QED) is 0.785. The van der Waals surface area contributed by atoms with Gasteiger partial charge < -0.3 is 5.11 Å². The number of aryl methyl sites for hydroxylation is 1. The molecule has 17 heavy (non-hydrogen) atoms. The van der Waals surface area contributed by atoms with E-state index in [1.807, 2.05) is 0 Å². The Morgan fingerprint density at radius 1 is 1.18 bits per heavy atom. The summed E-state index contributed by atoms with van der Waals surface area (Å²) in [5.74, 6) is 0.450. The molecule has 2 unspecified atom stereocenters. The molecule has 1 N–H and O–H groups in total. The highest BCUT2D eigenvalue weighted by molar-refractivity contribution is 5.23. The van der Waals surface area contributed by atoms with Gasteiger partial charge in [-0.25, -0.2) is 0 Å². The van der Waals surface area contributed by atoms with Gasteiger partial charge >= 0.3 is 0 Å². The van der Waals surface area contributed by atoms with Gasteiger partial charge in [0.1, 0.15) is 0 Å². The third kappa shape index (κ3) is 3.44. The van der Waals surface area contributed by atoms with Crippen LogP contribution in [-0.2, 0) is 12.8 Å². The predicted octanol–water partition coefficient (Wildman–Crippen LogP) is 3.51. The van der Waals surface area contributed by atoms with E-state index in [2.05, 4.69) is 43.3 Å². The van der Waals surface area contributed by atoms with Crippen LogP contribution in [0, 0.1) is 5.92 Å². The van der Waals surface area contributed by atoms with Crippen molar-refractivity contribution in [2.75, 3.05) is 0 Å². The van der Waals surface area contributed by atoms with Crippen molar-refractivity contribution < 1.29 is 5.11 Å². The van der Waals surface area contributed by atoms with Crippen LogP contribution in [0.1, 0.15) is 37.3 Å². The normalized spacial score (nSPS) is 21.4. The van der Waals surface area contributed by atoms with E-state index in [1.165, 1.54) is 11.1 Å². The molecular weight excluding hydrogens is 208 g/mol. The number of benzene rings is 1. The Balaban J connectivity index is 1.92. The third-order valence-electron chi connectivity index (χ3n) is 3.73. The molecule has 0 amide bonds. The van der Waals surface area contributed by atoms with Crippen molar-refractivity contribution in [3.05, 3.63) is 47.5 Å². The molecule has 0 saturated carbocycles. The number of allylic oxidation sites excluding steroid dienone is 2. The Morgan fingerprint density at radius 2 is 1.88 bits per heavy atom. The van der Waals surface area contributed by atoms with Crippen LogP contribution in [0.3, 0.4) is 0 Å². The average Bonchev–Trinajstić information content (AvgIpc) is 2.40. The van der Waals surface area contributed by atoms with Crippen LogP contribution in [0.4, 0.5) is 0 Å². The molecule has 0 fully saturated rings. The lowest BCUT2D eigenvalue weighted by atomic mass is 9.86. The van der Waals surface area contributed by atoms with Gasteiger partial charge in [0.2, 0.25) is 0 Å². The minimum Gasteiger partial charge on any atom is -0.392 e. The maximum absolute atomic E-state index is 10.2. The standard InChI is InChI=1S/C16H22O/c1-2-13-8-10-14(11-9-13)12-16(17)15-6-4-3-5-7-15/h3-4,8-11,15-17H,2,5-7,12H2,1H3. The Kier molecular flexibility index (Phi) is 4.38. The van der Waals surface area contributed by atoms with Gasteiger partial charge in [0.05, 0.1) is 6.10 Å². The molecule has 0 saturated heterocycles. The van der Waals surface area contributed by atoms with E-state index < -0.39 is 0 Å². The van der Waals surface area contributed by atoms with Gasteiger partial charge in [0, 0.05) is 0 Å². The van der Waals surface area contributed by atoms with Crippen LogP contribution in [0.15, 0.2) is 36.4 Å². The Morgan fingerprint density at radius 3 is 2.47 bits per heavy atom. The summed E-state index contributed by atoms with van der Waals surface area (Å²) < 4.78 is 0. The van der Waals surface area contributed by atoms with Gasteiger partial charge in [0.25, 0.3) is 0 Å². The first-order valence-corrected chi connectivity index (χ1v) is 6.70. The van der Waals surface area contributed by atoms with Gasteiger partial charge in [-0.15, -0.1) is 0 Å². The lowest BCUT2D eigenvalue weighted by Crippen LogP contribution is -2.23. The summed E-state index contributed by atoms with van der Waals surface area (Å²) in [6, 6.07) is 8.65. The first-order chi connectivity index (χ1) is 8.29. The second-order valence-corrected chi connectivity index (χ2v) is 4.99. The third-order valence-corrected chi connectivity index (χ3v) is 3.73. The highest BCUT2D eigenvalue weighted by Crippen LogP contribution is 2.24. The fourth-order valence-electron chi connectivity index (χ4n) is 2.49. The van der Waals surface area contributed by atoms with Crippen molar-refractivity contribution in [2.24, 2.45) is 5.92 Å².